The molecule has 0 aromatic heterocycles. The molecular weight excluding hydrogens is 172 g/mol. The fourth-order valence-corrected chi connectivity index (χ4v) is 1.90. The second kappa shape index (κ2) is 4.14. The van der Waals surface area contributed by atoms with E-state index in [0.29, 0.717) is 5.92 Å². The van der Waals surface area contributed by atoms with Crippen molar-refractivity contribution >= 4 is 0 Å². The van der Waals surface area contributed by atoms with Crippen LogP contribution in [0.25, 0.3) is 0 Å². The zero-order valence-electron chi connectivity index (χ0n) is 8.74. The Kier molecular flexibility index (Phi) is 2.87. The molecule has 1 nitrogen and oxygen atoms in total. The quantitative estimate of drug-likeness (QED) is 0.774. The van der Waals surface area contributed by atoms with Crippen LogP contribution in [-0.2, 0) is 6.42 Å². The van der Waals surface area contributed by atoms with Crippen LogP contribution in [0.3, 0.4) is 0 Å². The molecule has 2 rings (SSSR count). The smallest absolute Gasteiger partial charge is 0.0571 e. The topological polar surface area (TPSA) is 20.2 Å². The van der Waals surface area contributed by atoms with E-state index in [9.17, 15) is 5.11 Å². The average molecular weight is 190 g/mol. The van der Waals surface area contributed by atoms with E-state index in [1.807, 2.05) is 0 Å². The Morgan fingerprint density at radius 2 is 2.21 bits per heavy atom. The van der Waals surface area contributed by atoms with Crippen LogP contribution in [0.4, 0.5) is 0 Å². The molecule has 0 bridgehead atoms. The van der Waals surface area contributed by atoms with Crippen LogP contribution in [0.1, 0.15) is 30.4 Å². The van der Waals surface area contributed by atoms with Gasteiger partial charge in [0.05, 0.1) is 6.10 Å². The van der Waals surface area contributed by atoms with Crippen LogP contribution in [0.5, 0.6) is 0 Å². The Bertz CT molecular complexity index is 302. The molecule has 0 heterocycles. The third-order valence-electron chi connectivity index (χ3n) is 2.98. The van der Waals surface area contributed by atoms with E-state index >= 15 is 0 Å². The molecule has 1 aliphatic carbocycles. The molecule has 1 heteroatoms. The summed E-state index contributed by atoms with van der Waals surface area (Å²) in [6.07, 6.45) is 4.34. The molecule has 0 saturated heterocycles. The van der Waals surface area contributed by atoms with Gasteiger partial charge in [0.25, 0.3) is 0 Å². The van der Waals surface area contributed by atoms with Crippen molar-refractivity contribution in [1.29, 1.82) is 0 Å². The molecule has 1 unspecified atom stereocenters. The lowest BCUT2D eigenvalue weighted by atomic mass is 10.0. The van der Waals surface area contributed by atoms with Crippen molar-refractivity contribution in [2.75, 3.05) is 0 Å². The Hall–Kier alpha value is -0.820. The summed E-state index contributed by atoms with van der Waals surface area (Å²) in [5.41, 5.74) is 2.66. The van der Waals surface area contributed by atoms with Gasteiger partial charge in [-0.25, -0.2) is 0 Å². The minimum Gasteiger partial charge on any atom is -0.393 e. The van der Waals surface area contributed by atoms with E-state index in [0.717, 1.165) is 12.8 Å². The summed E-state index contributed by atoms with van der Waals surface area (Å²) in [6.45, 7) is 2.11. The Balaban J connectivity index is 1.84. The van der Waals surface area contributed by atoms with Gasteiger partial charge in [-0.15, -0.1) is 0 Å². The summed E-state index contributed by atoms with van der Waals surface area (Å²) in [5, 5.41) is 9.72. The van der Waals surface area contributed by atoms with Crippen LogP contribution in [0.15, 0.2) is 24.3 Å². The number of aryl methyl sites for hydroxylation is 2. The highest BCUT2D eigenvalue weighted by molar-refractivity contribution is 5.22. The summed E-state index contributed by atoms with van der Waals surface area (Å²) in [6, 6.07) is 8.56. The number of hydrogen-bond donors (Lipinski definition) is 1. The predicted molar refractivity (Wildman–Crippen MR) is 58.2 cm³/mol. The first-order valence-electron chi connectivity index (χ1n) is 5.49. The van der Waals surface area contributed by atoms with Gasteiger partial charge in [-0.2, -0.15) is 0 Å². The molecule has 1 atom stereocenters. The first-order valence-corrected chi connectivity index (χ1v) is 5.49. The zero-order valence-corrected chi connectivity index (χ0v) is 8.74. The van der Waals surface area contributed by atoms with Gasteiger partial charge >= 0.3 is 0 Å². The molecule has 1 aromatic rings. The van der Waals surface area contributed by atoms with Crippen LogP contribution < -0.4 is 0 Å². The molecule has 14 heavy (non-hydrogen) atoms. The first-order chi connectivity index (χ1) is 6.75. The normalized spacial score (nSPS) is 18.1. The first kappa shape index (κ1) is 9.72. The maximum absolute atomic E-state index is 9.72. The fraction of sp³-hybridized carbons (Fsp3) is 0.538. The van der Waals surface area contributed by atoms with Gasteiger partial charge in [-0.05, 0) is 44.1 Å². The molecule has 0 amide bonds. The van der Waals surface area contributed by atoms with Crippen LogP contribution in [-0.4, -0.2) is 11.2 Å². The van der Waals surface area contributed by atoms with Gasteiger partial charge in [-0.3, -0.25) is 0 Å². The highest BCUT2D eigenvalue weighted by atomic mass is 16.3. The van der Waals surface area contributed by atoms with Crippen LogP contribution in [0.2, 0.25) is 0 Å². The Morgan fingerprint density at radius 1 is 1.43 bits per heavy atom. The number of aliphatic hydroxyl groups is 1. The van der Waals surface area contributed by atoms with E-state index in [-0.39, 0.29) is 6.10 Å². The number of benzene rings is 1. The molecule has 0 radical (unpaired) electrons. The van der Waals surface area contributed by atoms with Crippen molar-refractivity contribution in [2.45, 2.75) is 38.7 Å². The SMILES string of the molecule is Cc1cccc(CCC(O)C2CC2)c1. The molecule has 1 aliphatic rings. The second-order valence-corrected chi connectivity index (χ2v) is 4.43. The van der Waals surface area contributed by atoms with Crippen molar-refractivity contribution in [3.05, 3.63) is 35.4 Å². The highest BCUT2D eigenvalue weighted by Crippen LogP contribution is 2.34. The summed E-state index contributed by atoms with van der Waals surface area (Å²) < 4.78 is 0. The molecule has 0 spiro atoms. The summed E-state index contributed by atoms with van der Waals surface area (Å²) in [4.78, 5) is 0. The number of rotatable bonds is 4. The zero-order chi connectivity index (χ0) is 9.97. The van der Waals surface area contributed by atoms with Crippen LogP contribution in [0, 0.1) is 12.8 Å². The van der Waals surface area contributed by atoms with Crippen molar-refractivity contribution in [1.82, 2.24) is 0 Å². The van der Waals surface area contributed by atoms with Crippen molar-refractivity contribution < 1.29 is 5.11 Å². The minimum atomic E-state index is -0.0597. The largest absolute Gasteiger partial charge is 0.393 e. The monoisotopic (exact) mass is 190 g/mol. The van der Waals surface area contributed by atoms with Gasteiger partial charge in [-0.1, -0.05) is 29.8 Å². The van der Waals surface area contributed by atoms with E-state index in [2.05, 4.69) is 31.2 Å². The van der Waals surface area contributed by atoms with Crippen molar-refractivity contribution in [3.63, 3.8) is 0 Å². The van der Waals surface area contributed by atoms with E-state index < -0.39 is 0 Å². The summed E-state index contributed by atoms with van der Waals surface area (Å²) in [5.74, 6) is 0.611. The minimum absolute atomic E-state index is 0.0597. The van der Waals surface area contributed by atoms with Gasteiger partial charge in [0, 0.05) is 0 Å². The standard InChI is InChI=1S/C13H18O/c1-10-3-2-4-11(9-10)5-8-13(14)12-6-7-12/h2-4,9,12-14H,5-8H2,1H3. The van der Waals surface area contributed by atoms with E-state index in [1.54, 1.807) is 0 Å². The summed E-state index contributed by atoms with van der Waals surface area (Å²) >= 11 is 0. The van der Waals surface area contributed by atoms with Gasteiger partial charge in [0.2, 0.25) is 0 Å². The molecule has 1 N–H and O–H groups in total. The Labute approximate surface area is 85.8 Å². The van der Waals surface area contributed by atoms with Gasteiger partial charge in [0.1, 0.15) is 0 Å². The molecular formula is C13H18O. The molecule has 1 saturated carbocycles. The Morgan fingerprint density at radius 3 is 2.86 bits per heavy atom. The van der Waals surface area contributed by atoms with Crippen molar-refractivity contribution in [2.24, 2.45) is 5.92 Å². The fourth-order valence-electron chi connectivity index (χ4n) is 1.90. The van der Waals surface area contributed by atoms with Crippen molar-refractivity contribution in [3.8, 4) is 0 Å². The lowest BCUT2D eigenvalue weighted by molar-refractivity contribution is 0.142. The lowest BCUT2D eigenvalue weighted by Gasteiger charge is -2.08. The average Bonchev–Trinajstić information content (AvgIpc) is 2.97. The van der Waals surface area contributed by atoms with Crippen LogP contribution >= 0.6 is 0 Å². The maximum Gasteiger partial charge on any atom is 0.0571 e. The third kappa shape index (κ3) is 2.58. The van der Waals surface area contributed by atoms with E-state index in [1.165, 1.54) is 24.0 Å². The third-order valence-corrected chi connectivity index (χ3v) is 2.98. The molecule has 1 fully saturated rings. The summed E-state index contributed by atoms with van der Waals surface area (Å²) in [7, 11) is 0. The lowest BCUT2D eigenvalue weighted by Crippen LogP contribution is -2.10. The number of hydrogen-bond acceptors (Lipinski definition) is 1. The number of aliphatic hydroxyl groups excluding tert-OH is 1. The predicted octanol–water partition coefficient (Wildman–Crippen LogP) is 2.70. The maximum atomic E-state index is 9.72. The van der Waals surface area contributed by atoms with Gasteiger partial charge in [0.15, 0.2) is 0 Å². The van der Waals surface area contributed by atoms with E-state index in [4.69, 9.17) is 0 Å². The second-order valence-electron chi connectivity index (χ2n) is 4.43. The highest BCUT2D eigenvalue weighted by Gasteiger charge is 2.28. The molecule has 1 aromatic carbocycles. The molecule has 0 aliphatic heterocycles. The molecule has 76 valence electrons. The van der Waals surface area contributed by atoms with Gasteiger partial charge < -0.3 is 5.11 Å².